The minimum absolute atomic E-state index is 0.0408. The highest BCUT2D eigenvalue weighted by Crippen LogP contribution is 2.32. The molecule has 10 nitrogen and oxygen atoms in total. The molecule has 0 aromatic heterocycles. The monoisotopic (exact) mass is 540 g/mol. The van der Waals surface area contributed by atoms with Crippen LogP contribution in [0.5, 0.6) is 5.75 Å². The lowest BCUT2D eigenvalue weighted by atomic mass is 9.93. The summed E-state index contributed by atoms with van der Waals surface area (Å²) in [4.78, 5) is 42.3. The fourth-order valence-corrected chi connectivity index (χ4v) is 4.83. The zero-order valence-corrected chi connectivity index (χ0v) is 22.3. The molecular formula is C28H33FN4O6. The largest absolute Gasteiger partial charge is 0.496 e. The van der Waals surface area contributed by atoms with Crippen LogP contribution in [0.3, 0.4) is 0 Å². The molecule has 0 aliphatic carbocycles. The Morgan fingerprint density at radius 2 is 1.82 bits per heavy atom. The molecule has 0 bridgehead atoms. The predicted octanol–water partition coefficient (Wildman–Crippen LogP) is 2.61. The first-order valence-electron chi connectivity index (χ1n) is 12.8. The maximum Gasteiger partial charge on any atom is 0.338 e. The van der Waals surface area contributed by atoms with E-state index in [-0.39, 0.29) is 31.2 Å². The van der Waals surface area contributed by atoms with Gasteiger partial charge < -0.3 is 29.7 Å². The molecule has 2 aromatic carbocycles. The van der Waals surface area contributed by atoms with E-state index in [9.17, 15) is 18.8 Å². The number of amides is 3. The summed E-state index contributed by atoms with van der Waals surface area (Å²) in [6, 6.07) is 10.1. The highest BCUT2D eigenvalue weighted by atomic mass is 19.1. The number of piperazine rings is 1. The third-order valence-corrected chi connectivity index (χ3v) is 6.73. The van der Waals surface area contributed by atoms with Gasteiger partial charge in [-0.3, -0.25) is 9.69 Å². The summed E-state index contributed by atoms with van der Waals surface area (Å²) >= 11 is 0. The number of carbonyl (C=O) groups is 3. The quantitative estimate of drug-likeness (QED) is 0.471. The molecule has 0 unspecified atom stereocenters. The number of benzene rings is 2. The summed E-state index contributed by atoms with van der Waals surface area (Å²) in [7, 11) is 3.14. The summed E-state index contributed by atoms with van der Waals surface area (Å²) < 4.78 is 30.2. The number of rotatable bonds is 9. The molecule has 3 amide bonds. The Hall–Kier alpha value is -3.96. The van der Waals surface area contributed by atoms with E-state index >= 15 is 0 Å². The molecule has 1 saturated heterocycles. The van der Waals surface area contributed by atoms with Crippen molar-refractivity contribution in [1.82, 2.24) is 20.4 Å². The van der Waals surface area contributed by atoms with Crippen molar-refractivity contribution in [3.8, 4) is 5.75 Å². The summed E-state index contributed by atoms with van der Waals surface area (Å²) in [5.74, 6) is -0.821. The lowest BCUT2D eigenvalue weighted by Crippen LogP contribution is -2.52. The molecule has 208 valence electrons. The van der Waals surface area contributed by atoms with Gasteiger partial charge in [0.2, 0.25) is 0 Å². The van der Waals surface area contributed by atoms with E-state index in [1.165, 1.54) is 12.1 Å². The number of esters is 1. The van der Waals surface area contributed by atoms with Crippen LogP contribution >= 0.6 is 0 Å². The van der Waals surface area contributed by atoms with Crippen molar-refractivity contribution in [2.75, 3.05) is 53.6 Å². The molecule has 0 radical (unpaired) electrons. The Bertz CT molecular complexity index is 1260. The van der Waals surface area contributed by atoms with Gasteiger partial charge in [0.15, 0.2) is 0 Å². The number of hydrogen-bond donors (Lipinski definition) is 2. The third kappa shape index (κ3) is 6.37. The number of nitrogens with zero attached hydrogens (tertiary/aromatic N) is 2. The number of nitrogens with one attached hydrogen (secondary N) is 2. The van der Waals surface area contributed by atoms with Crippen LogP contribution in [0, 0.1) is 5.82 Å². The standard InChI is InChI=1S/C28H33FN4O6/c1-4-39-27(35)24-22(16-32-11-13-33(14-12-32)26(34)20-7-5-6-8-21(20)29)30-28(36)31-25(24)18-9-10-23(38-3)19(15-18)17-37-2/h5-10,15,25H,4,11-14,16-17H2,1-3H3,(H2,30,31,36)/t25-/m0/s1. The molecule has 1 fully saturated rings. The summed E-state index contributed by atoms with van der Waals surface area (Å²) in [5, 5.41) is 5.63. The maximum atomic E-state index is 14.1. The van der Waals surface area contributed by atoms with Crippen LogP contribution < -0.4 is 15.4 Å². The van der Waals surface area contributed by atoms with Crippen LogP contribution in [0.25, 0.3) is 0 Å². The van der Waals surface area contributed by atoms with Crippen LogP contribution in [0.1, 0.15) is 34.5 Å². The number of methoxy groups -OCH3 is 2. The smallest absolute Gasteiger partial charge is 0.338 e. The van der Waals surface area contributed by atoms with Crippen molar-refractivity contribution in [3.05, 3.63) is 76.2 Å². The number of carbonyl (C=O) groups excluding carboxylic acids is 3. The number of ether oxygens (including phenoxy) is 3. The van der Waals surface area contributed by atoms with Crippen molar-refractivity contribution in [3.63, 3.8) is 0 Å². The molecule has 0 saturated carbocycles. The van der Waals surface area contributed by atoms with Crippen molar-refractivity contribution >= 4 is 17.9 Å². The van der Waals surface area contributed by atoms with Gasteiger partial charge in [-0.1, -0.05) is 18.2 Å². The Labute approximate surface area is 226 Å². The minimum Gasteiger partial charge on any atom is -0.496 e. The summed E-state index contributed by atoms with van der Waals surface area (Å²) in [6.07, 6.45) is 0. The van der Waals surface area contributed by atoms with Crippen molar-refractivity contribution < 1.29 is 33.0 Å². The molecule has 1 atom stereocenters. The first-order valence-corrected chi connectivity index (χ1v) is 12.8. The zero-order valence-electron chi connectivity index (χ0n) is 22.3. The Morgan fingerprint density at radius 1 is 1.08 bits per heavy atom. The molecule has 39 heavy (non-hydrogen) atoms. The second-order valence-electron chi connectivity index (χ2n) is 9.20. The second kappa shape index (κ2) is 12.7. The van der Waals surface area contributed by atoms with Crippen LogP contribution in [-0.2, 0) is 20.9 Å². The zero-order chi connectivity index (χ0) is 27.9. The van der Waals surface area contributed by atoms with Crippen LogP contribution in [0.2, 0.25) is 0 Å². The second-order valence-corrected chi connectivity index (χ2v) is 9.20. The molecule has 0 spiro atoms. The average Bonchev–Trinajstić information content (AvgIpc) is 2.93. The normalized spacial score (nSPS) is 17.9. The molecule has 4 rings (SSSR count). The van der Waals surface area contributed by atoms with Crippen molar-refractivity contribution in [1.29, 1.82) is 0 Å². The number of halogens is 1. The van der Waals surface area contributed by atoms with E-state index in [0.29, 0.717) is 48.8 Å². The maximum absolute atomic E-state index is 14.1. The van der Waals surface area contributed by atoms with E-state index in [4.69, 9.17) is 14.2 Å². The summed E-state index contributed by atoms with van der Waals surface area (Å²) in [5.41, 5.74) is 2.22. The van der Waals surface area contributed by atoms with Crippen LogP contribution in [-0.4, -0.2) is 81.3 Å². The van der Waals surface area contributed by atoms with E-state index in [1.54, 1.807) is 50.3 Å². The van der Waals surface area contributed by atoms with Gasteiger partial charge in [0.05, 0.1) is 37.5 Å². The fourth-order valence-electron chi connectivity index (χ4n) is 4.83. The van der Waals surface area contributed by atoms with Gasteiger partial charge in [0, 0.05) is 51.1 Å². The van der Waals surface area contributed by atoms with Gasteiger partial charge in [-0.25, -0.2) is 14.0 Å². The predicted molar refractivity (Wildman–Crippen MR) is 141 cm³/mol. The molecule has 2 aromatic rings. The molecule has 11 heteroatoms. The van der Waals surface area contributed by atoms with Gasteiger partial charge in [-0.05, 0) is 36.8 Å². The topological polar surface area (TPSA) is 109 Å². The molecule has 2 aliphatic heterocycles. The van der Waals surface area contributed by atoms with Gasteiger partial charge in [-0.2, -0.15) is 0 Å². The number of urea groups is 1. The van der Waals surface area contributed by atoms with E-state index in [2.05, 4.69) is 10.6 Å². The van der Waals surface area contributed by atoms with E-state index in [0.717, 1.165) is 5.56 Å². The Morgan fingerprint density at radius 3 is 2.49 bits per heavy atom. The van der Waals surface area contributed by atoms with Crippen LogP contribution in [0.15, 0.2) is 53.7 Å². The average molecular weight is 541 g/mol. The van der Waals surface area contributed by atoms with Gasteiger partial charge >= 0.3 is 12.0 Å². The molecule has 2 aliphatic rings. The summed E-state index contributed by atoms with van der Waals surface area (Å²) in [6.45, 7) is 4.16. The Balaban J connectivity index is 1.57. The molecule has 2 heterocycles. The minimum atomic E-state index is -0.752. The SMILES string of the molecule is CCOC(=O)C1=C(CN2CCN(C(=O)c3ccccc3F)CC2)NC(=O)N[C@H]1c1ccc(OC)c(COC)c1. The lowest BCUT2D eigenvalue weighted by Gasteiger charge is -2.37. The number of hydrogen-bond acceptors (Lipinski definition) is 7. The van der Waals surface area contributed by atoms with Crippen LogP contribution in [0.4, 0.5) is 9.18 Å². The van der Waals surface area contributed by atoms with Crippen molar-refractivity contribution in [2.24, 2.45) is 0 Å². The first-order chi connectivity index (χ1) is 18.9. The van der Waals surface area contributed by atoms with E-state index in [1.807, 2.05) is 11.0 Å². The highest BCUT2D eigenvalue weighted by Gasteiger charge is 2.35. The highest BCUT2D eigenvalue weighted by molar-refractivity contribution is 5.95. The Kier molecular flexibility index (Phi) is 9.15. The fraction of sp³-hybridized carbons (Fsp3) is 0.393. The van der Waals surface area contributed by atoms with Gasteiger partial charge in [-0.15, -0.1) is 0 Å². The van der Waals surface area contributed by atoms with Gasteiger partial charge in [0.25, 0.3) is 5.91 Å². The lowest BCUT2D eigenvalue weighted by molar-refractivity contribution is -0.139. The van der Waals surface area contributed by atoms with Crippen molar-refractivity contribution in [2.45, 2.75) is 19.6 Å². The first kappa shape index (κ1) is 28.1. The third-order valence-electron chi connectivity index (χ3n) is 6.73. The van der Waals surface area contributed by atoms with Gasteiger partial charge in [0.1, 0.15) is 11.6 Å². The molecule has 2 N–H and O–H groups in total. The molecular weight excluding hydrogens is 507 g/mol. The van der Waals surface area contributed by atoms with E-state index < -0.39 is 23.9 Å².